The second kappa shape index (κ2) is 38.7. The van der Waals surface area contributed by atoms with Crippen LogP contribution >= 0.6 is 0 Å². The maximum absolute atomic E-state index is 13.7. The number of carbonyl (C=O) groups is 2. The summed E-state index contributed by atoms with van der Waals surface area (Å²) in [7, 11) is 0. The summed E-state index contributed by atoms with van der Waals surface area (Å²) in [6.45, 7) is 4.82. The van der Waals surface area contributed by atoms with Crippen LogP contribution in [0.25, 0.3) is 0 Å². The van der Waals surface area contributed by atoms with Gasteiger partial charge in [0.2, 0.25) is 11.8 Å². The molecule has 498 valence electrons. The largest absolute Gasteiger partial charge is 0.394 e. The zero-order chi connectivity index (χ0) is 62.1. The Bertz CT molecular complexity index is 1810. The molecule has 0 spiro atoms. The summed E-state index contributed by atoms with van der Waals surface area (Å²) in [4.78, 5) is 26.6. The lowest BCUT2D eigenvalue weighted by atomic mass is 9.71. The Morgan fingerprint density at radius 2 is 0.882 bits per heavy atom. The number of rotatable bonds is 33. The van der Waals surface area contributed by atoms with Crippen LogP contribution in [0.4, 0.5) is 0 Å². The first kappa shape index (κ1) is 73.8. The van der Waals surface area contributed by atoms with E-state index in [1.165, 1.54) is 57.8 Å². The molecular weight excluding hydrogens is 1120 g/mol. The molecule has 5 rings (SSSR count). The van der Waals surface area contributed by atoms with Gasteiger partial charge in [-0.15, -0.1) is 0 Å². The highest BCUT2D eigenvalue weighted by Gasteiger charge is 2.56. The van der Waals surface area contributed by atoms with Crippen LogP contribution in [-0.2, 0) is 52.2 Å². The van der Waals surface area contributed by atoms with Gasteiger partial charge >= 0.3 is 0 Å². The lowest BCUT2D eigenvalue weighted by Crippen LogP contribution is -2.67. The van der Waals surface area contributed by atoms with Crippen LogP contribution in [0.3, 0.4) is 0 Å². The van der Waals surface area contributed by atoms with Gasteiger partial charge in [-0.1, -0.05) is 124 Å². The first-order valence-electron chi connectivity index (χ1n) is 32.2. The van der Waals surface area contributed by atoms with Crippen LogP contribution in [0.5, 0.6) is 0 Å². The van der Waals surface area contributed by atoms with E-state index in [0.717, 1.165) is 70.6 Å². The Hall–Kier alpha value is -1.90. The molecule has 0 radical (unpaired) electrons. The fourth-order valence-electron chi connectivity index (χ4n) is 12.8. The van der Waals surface area contributed by atoms with Crippen molar-refractivity contribution >= 4 is 11.8 Å². The van der Waals surface area contributed by atoms with Gasteiger partial charge in [0.25, 0.3) is 0 Å². The average molecular weight is 1230 g/mol. The van der Waals surface area contributed by atoms with Gasteiger partial charge in [0.05, 0.1) is 39.1 Å². The Balaban J connectivity index is 1.07. The number of hydrogen-bond acceptors (Lipinski definition) is 23. The number of ether oxygens (including phenoxy) is 9. The van der Waals surface area contributed by atoms with E-state index < -0.39 is 149 Å². The van der Waals surface area contributed by atoms with Gasteiger partial charge in [0, 0.05) is 24.9 Å². The van der Waals surface area contributed by atoms with Crippen LogP contribution in [0.1, 0.15) is 188 Å². The number of carbonyl (C=O) groups excluding carboxylic acids is 2. The molecule has 25 heteroatoms. The number of amides is 2. The molecule has 0 aromatic heterocycles. The third-order valence-corrected chi connectivity index (χ3v) is 17.7. The highest BCUT2D eigenvalue weighted by atomic mass is 16.8. The lowest BCUT2D eigenvalue weighted by Gasteiger charge is -2.49. The van der Waals surface area contributed by atoms with Crippen LogP contribution in [0, 0.1) is 5.92 Å². The van der Waals surface area contributed by atoms with Crippen molar-refractivity contribution in [2.75, 3.05) is 39.6 Å². The van der Waals surface area contributed by atoms with E-state index in [1.54, 1.807) is 6.92 Å². The second-order valence-corrected chi connectivity index (χ2v) is 24.3. The predicted molar refractivity (Wildman–Crippen MR) is 306 cm³/mol. The van der Waals surface area contributed by atoms with E-state index in [-0.39, 0.29) is 43.0 Å². The molecule has 0 aromatic rings. The van der Waals surface area contributed by atoms with Crippen molar-refractivity contribution in [3.63, 3.8) is 0 Å². The van der Waals surface area contributed by atoms with Gasteiger partial charge < -0.3 is 115 Å². The zero-order valence-electron chi connectivity index (χ0n) is 51.0. The molecular formula is C60H110N2O23. The average Bonchev–Trinajstić information content (AvgIpc) is 2.23. The molecule has 0 bridgehead atoms. The maximum atomic E-state index is 13.7. The standard InChI is InChI=1S/C60H110N2O23/c1-5-8-17-23-36(4)78-52-38(32-63)80-57(49(74)45(52)70)84-54-40(34-65)82-59(51(76)47(54)72)85-55-41(35-66)81-58(50(75)46(55)71)83-53-39(33-64)79-56(48(73)44(53)69)77-31-30-61-42(67)26-20-21-27-43(68)62-60(28-7-3,29-22-9-6-2)37-24-18-15-13-11-10-12-14-16-19-25-37/h36-41,44-59,63-66,69-76H,5-35H2,1-4H3,(H,61,67)(H,62,68)/t36?,38?,39?,40?,41?,44?,45?,46?,47?,48?,49?,50?,51?,52-,53+,54-,55-,56+,57+,58-,59+,60?/m1/s1. The minimum atomic E-state index is -2.04. The fraction of sp³-hybridized carbons (Fsp3) is 0.967. The first-order valence-corrected chi connectivity index (χ1v) is 32.2. The van der Waals surface area contributed by atoms with Gasteiger partial charge in [-0.25, -0.2) is 0 Å². The van der Waals surface area contributed by atoms with Gasteiger partial charge in [-0.05, 0) is 57.8 Å². The summed E-state index contributed by atoms with van der Waals surface area (Å²) in [5.41, 5.74) is -0.224. The predicted octanol–water partition coefficient (Wildman–Crippen LogP) is 1.10. The van der Waals surface area contributed by atoms with Crippen LogP contribution < -0.4 is 10.6 Å². The number of nitrogens with one attached hydrogen (secondary N) is 2. The quantitative estimate of drug-likeness (QED) is 0.0409. The van der Waals surface area contributed by atoms with Crippen molar-refractivity contribution in [2.24, 2.45) is 5.92 Å². The van der Waals surface area contributed by atoms with E-state index in [2.05, 4.69) is 24.5 Å². The molecule has 14 N–H and O–H groups in total. The number of unbranched alkanes of at least 4 members (excludes halogenated alkanes) is 5. The second-order valence-electron chi connectivity index (χ2n) is 24.3. The van der Waals surface area contributed by atoms with Gasteiger partial charge in [0.1, 0.15) is 97.7 Å². The summed E-state index contributed by atoms with van der Waals surface area (Å²) >= 11 is 0. The van der Waals surface area contributed by atoms with E-state index in [4.69, 9.17) is 42.6 Å². The molecule has 25 nitrogen and oxygen atoms in total. The summed E-state index contributed by atoms with van der Waals surface area (Å²) in [5.74, 6) is 0.213. The summed E-state index contributed by atoms with van der Waals surface area (Å²) in [6, 6.07) is 0. The summed E-state index contributed by atoms with van der Waals surface area (Å²) in [5, 5.41) is 137. The summed E-state index contributed by atoms with van der Waals surface area (Å²) < 4.78 is 52.0. The summed E-state index contributed by atoms with van der Waals surface area (Å²) in [6.07, 6.45) is -9.49. The normalized spacial score (nSPS) is 36.8. The SMILES string of the molecule is CCCCCC(C)O[C@@H]1C(CO)O[C@@H](O[C@@H]2C(CO)O[C@@H](O[C@@H]3C(CO)O[C@H](O[C@H]4C(CO)O[C@H](OCCNC(=O)CCCCC(=O)NC(CCC)(CCCCC)C5CCCCCCCCCCC5)C(O)C4O)C(O)C3O)C(O)C2O)C(O)C1O. The van der Waals surface area contributed by atoms with Crippen molar-refractivity contribution in [3.8, 4) is 0 Å². The van der Waals surface area contributed by atoms with Crippen molar-refractivity contribution in [1.29, 1.82) is 0 Å². The lowest BCUT2D eigenvalue weighted by molar-refractivity contribution is -0.389. The molecule has 5 fully saturated rings. The fourth-order valence-corrected chi connectivity index (χ4v) is 12.8. The third kappa shape index (κ3) is 21.6. The maximum Gasteiger partial charge on any atom is 0.220 e. The van der Waals surface area contributed by atoms with Crippen LogP contribution in [0.2, 0.25) is 0 Å². The van der Waals surface area contributed by atoms with Crippen molar-refractivity contribution in [2.45, 2.75) is 323 Å². The Morgan fingerprint density at radius 1 is 0.482 bits per heavy atom. The highest BCUT2D eigenvalue weighted by Crippen LogP contribution is 2.39. The molecule has 5 aliphatic rings. The Labute approximate surface area is 502 Å². The van der Waals surface area contributed by atoms with E-state index >= 15 is 0 Å². The molecule has 2 amide bonds. The molecule has 4 saturated heterocycles. The monoisotopic (exact) mass is 1230 g/mol. The first-order chi connectivity index (χ1) is 40.9. The molecule has 1 aliphatic carbocycles. The topological polar surface area (TPSA) is 384 Å². The van der Waals surface area contributed by atoms with Gasteiger partial charge in [-0.2, -0.15) is 0 Å². The molecule has 14 unspecified atom stereocenters. The van der Waals surface area contributed by atoms with Crippen molar-refractivity contribution < 1.29 is 113 Å². The minimum absolute atomic E-state index is 0.00111. The van der Waals surface area contributed by atoms with Gasteiger partial charge in [-0.3, -0.25) is 9.59 Å². The Kier molecular flexibility index (Phi) is 33.6. The molecule has 4 heterocycles. The molecule has 22 atom stereocenters. The van der Waals surface area contributed by atoms with Crippen molar-refractivity contribution in [1.82, 2.24) is 10.6 Å². The van der Waals surface area contributed by atoms with Crippen LogP contribution in [0.15, 0.2) is 0 Å². The molecule has 1 saturated carbocycles. The number of aliphatic hydroxyl groups excluding tert-OH is 12. The molecule has 85 heavy (non-hydrogen) atoms. The highest BCUT2D eigenvalue weighted by molar-refractivity contribution is 5.77. The van der Waals surface area contributed by atoms with Crippen molar-refractivity contribution in [3.05, 3.63) is 0 Å². The molecule has 0 aromatic carbocycles. The molecule has 4 aliphatic heterocycles. The third-order valence-electron chi connectivity index (χ3n) is 17.7. The number of hydrogen-bond donors (Lipinski definition) is 14. The van der Waals surface area contributed by atoms with E-state index in [9.17, 15) is 70.9 Å². The van der Waals surface area contributed by atoms with Crippen LogP contribution in [-0.4, -0.2) is 247 Å². The zero-order valence-corrected chi connectivity index (χ0v) is 51.0. The van der Waals surface area contributed by atoms with E-state index in [0.29, 0.717) is 31.6 Å². The Morgan fingerprint density at radius 3 is 1.33 bits per heavy atom. The number of aliphatic hydroxyl groups is 12. The van der Waals surface area contributed by atoms with E-state index in [1.807, 2.05) is 6.92 Å². The van der Waals surface area contributed by atoms with Gasteiger partial charge in [0.15, 0.2) is 25.2 Å². The minimum Gasteiger partial charge on any atom is -0.394 e. The smallest absolute Gasteiger partial charge is 0.220 e.